The lowest BCUT2D eigenvalue weighted by Gasteiger charge is -2.28. The number of hydrogen-bond donors (Lipinski definition) is 1. The van der Waals surface area contributed by atoms with Gasteiger partial charge in [-0.25, -0.2) is 18.6 Å². The highest BCUT2D eigenvalue weighted by Gasteiger charge is 2.20. The number of pyridine rings is 2. The predicted octanol–water partition coefficient (Wildman–Crippen LogP) is 7.09. The molecule has 0 saturated carbocycles. The topological polar surface area (TPSA) is 70.6 Å². The summed E-state index contributed by atoms with van der Waals surface area (Å²) >= 11 is 0. The maximum Gasteiger partial charge on any atom is 0.386 e. The second kappa shape index (κ2) is 13.2. The standard InChI is InChI=1S/C27H29F2N5O2.C2H3F3/c1-18-4-5-21(31-27(35)34-8-2-3-9-34)17-22(18)20-15-23(19-6-7-30-24(14-19)26(28)29)32-25(16-20)33-10-12-36-13-11-33;1-2(3,4)5/h4-7,14-17,26H,2-3,8-13H2,1H3,(H,31,35);1H3. The van der Waals surface area contributed by atoms with Gasteiger partial charge in [0.1, 0.15) is 11.5 Å². The molecule has 2 saturated heterocycles. The summed E-state index contributed by atoms with van der Waals surface area (Å²) in [6, 6.07) is 12.7. The van der Waals surface area contributed by atoms with Gasteiger partial charge in [0.15, 0.2) is 0 Å². The van der Waals surface area contributed by atoms with Gasteiger partial charge in [-0.3, -0.25) is 4.98 Å². The van der Waals surface area contributed by atoms with E-state index >= 15 is 0 Å². The molecular formula is C29H32F5N5O2. The molecule has 0 aliphatic carbocycles. The molecule has 7 nitrogen and oxygen atoms in total. The van der Waals surface area contributed by atoms with Crippen molar-refractivity contribution >= 4 is 17.5 Å². The number of nitrogens with one attached hydrogen (secondary N) is 1. The van der Waals surface area contributed by atoms with Crippen LogP contribution in [-0.4, -0.2) is 66.5 Å². The first kappa shape index (κ1) is 30.2. The number of aryl methyl sites for hydroxylation is 1. The lowest BCUT2D eigenvalue weighted by molar-refractivity contribution is -0.110. The molecule has 0 bridgehead atoms. The Labute approximate surface area is 235 Å². The van der Waals surface area contributed by atoms with Crippen LogP contribution in [0.2, 0.25) is 0 Å². The Morgan fingerprint density at radius 1 is 0.976 bits per heavy atom. The lowest BCUT2D eigenvalue weighted by atomic mass is 9.98. The van der Waals surface area contributed by atoms with Crippen LogP contribution in [0.5, 0.6) is 0 Å². The summed E-state index contributed by atoms with van der Waals surface area (Å²) in [4.78, 5) is 25.2. The summed E-state index contributed by atoms with van der Waals surface area (Å²) in [6.07, 6.45) is -3.22. The van der Waals surface area contributed by atoms with Gasteiger partial charge in [-0.05, 0) is 72.9 Å². The molecule has 12 heteroatoms. The van der Waals surface area contributed by atoms with Gasteiger partial charge < -0.3 is 19.9 Å². The zero-order valence-electron chi connectivity index (χ0n) is 22.8. The van der Waals surface area contributed by atoms with Crippen molar-refractivity contribution in [3.63, 3.8) is 0 Å². The Kier molecular flexibility index (Phi) is 9.74. The Morgan fingerprint density at radius 2 is 1.66 bits per heavy atom. The van der Waals surface area contributed by atoms with Crippen LogP contribution in [0, 0.1) is 6.92 Å². The van der Waals surface area contributed by atoms with Crippen LogP contribution in [0.3, 0.4) is 0 Å². The number of nitrogens with zero attached hydrogens (tertiary/aromatic N) is 4. The first-order valence-electron chi connectivity index (χ1n) is 13.3. The number of likely N-dealkylation sites (tertiary alicyclic amines) is 1. The maximum absolute atomic E-state index is 13.3. The van der Waals surface area contributed by atoms with Crippen molar-refractivity contribution in [2.45, 2.75) is 39.3 Å². The van der Waals surface area contributed by atoms with E-state index in [2.05, 4.69) is 15.2 Å². The SMILES string of the molecule is CC(F)(F)F.Cc1ccc(NC(=O)N2CCCC2)cc1-c1cc(-c2ccnc(C(F)F)c2)nc(N2CCOCC2)c1. The molecule has 1 N–H and O–H groups in total. The van der Waals surface area contributed by atoms with E-state index in [1.807, 2.05) is 42.2 Å². The van der Waals surface area contributed by atoms with Gasteiger partial charge in [0.25, 0.3) is 6.43 Å². The van der Waals surface area contributed by atoms with Crippen molar-refractivity contribution in [2.24, 2.45) is 0 Å². The second-order valence-electron chi connectivity index (χ2n) is 9.90. The third-order valence-corrected chi connectivity index (χ3v) is 6.64. The number of morpholine rings is 1. The van der Waals surface area contributed by atoms with Crippen LogP contribution in [0.4, 0.5) is 38.3 Å². The van der Waals surface area contributed by atoms with Crippen molar-refractivity contribution in [2.75, 3.05) is 49.6 Å². The molecule has 2 fully saturated rings. The summed E-state index contributed by atoms with van der Waals surface area (Å²) in [6.45, 7) is 6.33. The van der Waals surface area contributed by atoms with Crippen molar-refractivity contribution in [3.8, 4) is 22.4 Å². The van der Waals surface area contributed by atoms with E-state index in [1.165, 1.54) is 12.3 Å². The van der Waals surface area contributed by atoms with E-state index in [0.29, 0.717) is 43.2 Å². The molecule has 2 aliphatic heterocycles. The van der Waals surface area contributed by atoms with Gasteiger partial charge in [0.2, 0.25) is 0 Å². The van der Waals surface area contributed by atoms with Crippen LogP contribution in [0.15, 0.2) is 48.7 Å². The molecule has 220 valence electrons. The molecule has 0 radical (unpaired) electrons. The molecule has 2 aromatic heterocycles. The summed E-state index contributed by atoms with van der Waals surface area (Å²) in [5, 5.41) is 3.02. The Morgan fingerprint density at radius 3 is 2.32 bits per heavy atom. The van der Waals surface area contributed by atoms with Crippen molar-refractivity contribution in [1.82, 2.24) is 14.9 Å². The summed E-state index contributed by atoms with van der Waals surface area (Å²) in [5.74, 6) is 0.757. The normalized spacial score (nSPS) is 15.5. The van der Waals surface area contributed by atoms with E-state index < -0.39 is 12.6 Å². The quantitative estimate of drug-likeness (QED) is 0.328. The molecule has 41 heavy (non-hydrogen) atoms. The average molecular weight is 578 g/mol. The minimum Gasteiger partial charge on any atom is -0.378 e. The van der Waals surface area contributed by atoms with Crippen molar-refractivity contribution in [1.29, 1.82) is 0 Å². The highest BCUT2D eigenvalue weighted by atomic mass is 19.4. The predicted molar refractivity (Wildman–Crippen MR) is 147 cm³/mol. The molecule has 5 rings (SSSR count). The van der Waals surface area contributed by atoms with E-state index in [1.54, 1.807) is 6.07 Å². The first-order chi connectivity index (χ1) is 19.5. The fourth-order valence-corrected chi connectivity index (χ4v) is 4.63. The zero-order valence-corrected chi connectivity index (χ0v) is 22.8. The number of rotatable bonds is 5. The second-order valence-corrected chi connectivity index (χ2v) is 9.90. The minimum atomic E-state index is -4.00. The number of carbonyl (C=O) groups excluding carboxylic acids is 1. The molecular weight excluding hydrogens is 545 g/mol. The zero-order chi connectivity index (χ0) is 29.6. The molecule has 1 aromatic carbocycles. The third kappa shape index (κ3) is 8.59. The summed E-state index contributed by atoms with van der Waals surface area (Å²) in [5.41, 5.74) is 4.46. The highest BCUT2D eigenvalue weighted by molar-refractivity contribution is 5.91. The van der Waals surface area contributed by atoms with Gasteiger partial charge in [0, 0.05) is 50.6 Å². The first-order valence-corrected chi connectivity index (χ1v) is 13.3. The lowest BCUT2D eigenvalue weighted by Crippen LogP contribution is -2.36. The fraction of sp³-hybridized carbons (Fsp3) is 0.414. The van der Waals surface area contributed by atoms with Gasteiger partial charge in [-0.2, -0.15) is 13.2 Å². The smallest absolute Gasteiger partial charge is 0.378 e. The van der Waals surface area contributed by atoms with Crippen LogP contribution in [0.25, 0.3) is 22.4 Å². The van der Waals surface area contributed by atoms with E-state index in [-0.39, 0.29) is 18.6 Å². The number of anilines is 2. The largest absolute Gasteiger partial charge is 0.386 e. The van der Waals surface area contributed by atoms with Crippen LogP contribution >= 0.6 is 0 Å². The van der Waals surface area contributed by atoms with Gasteiger partial charge in [-0.15, -0.1) is 0 Å². The molecule has 4 heterocycles. The number of benzene rings is 1. The maximum atomic E-state index is 13.3. The molecule has 0 unspecified atom stereocenters. The number of halogens is 5. The fourth-order valence-electron chi connectivity index (χ4n) is 4.63. The number of alkyl halides is 5. The summed E-state index contributed by atoms with van der Waals surface area (Å²) in [7, 11) is 0. The number of hydrogen-bond acceptors (Lipinski definition) is 5. The third-order valence-electron chi connectivity index (χ3n) is 6.64. The number of aromatic nitrogens is 2. The molecule has 3 aromatic rings. The van der Waals surface area contributed by atoms with Crippen molar-refractivity contribution < 1.29 is 31.5 Å². The van der Waals surface area contributed by atoms with Gasteiger partial charge in [-0.1, -0.05) is 6.07 Å². The highest BCUT2D eigenvalue weighted by Crippen LogP contribution is 2.34. The molecule has 2 amide bonds. The number of urea groups is 1. The van der Waals surface area contributed by atoms with Gasteiger partial charge in [0.05, 0.1) is 18.9 Å². The Balaban J connectivity index is 0.000000714. The van der Waals surface area contributed by atoms with E-state index in [9.17, 15) is 26.7 Å². The average Bonchev–Trinajstić information content (AvgIpc) is 3.49. The van der Waals surface area contributed by atoms with Crippen LogP contribution in [0.1, 0.15) is 37.4 Å². The minimum absolute atomic E-state index is 0.0944. The molecule has 2 aliphatic rings. The summed E-state index contributed by atoms with van der Waals surface area (Å²) < 4.78 is 63.3. The van der Waals surface area contributed by atoms with E-state index in [0.717, 1.165) is 48.4 Å². The Hall–Kier alpha value is -3.80. The number of amides is 2. The molecule has 0 spiro atoms. The molecule has 0 atom stereocenters. The number of ether oxygens (including phenoxy) is 1. The van der Waals surface area contributed by atoms with Crippen molar-refractivity contribution in [3.05, 3.63) is 59.9 Å². The Bertz CT molecular complexity index is 1330. The van der Waals surface area contributed by atoms with Gasteiger partial charge >= 0.3 is 12.2 Å². The van der Waals surface area contributed by atoms with Crippen LogP contribution in [-0.2, 0) is 4.74 Å². The number of carbonyl (C=O) groups is 1. The monoisotopic (exact) mass is 577 g/mol. The van der Waals surface area contributed by atoms with E-state index in [4.69, 9.17) is 9.72 Å². The van der Waals surface area contributed by atoms with Crippen LogP contribution < -0.4 is 10.2 Å².